The number of rotatable bonds is 1. The molecule has 5 N–H and O–H groups in total. The number of benzene rings is 1. The Morgan fingerprint density at radius 1 is 1.33 bits per heavy atom. The van der Waals surface area contributed by atoms with Crippen LogP contribution in [0.1, 0.15) is 5.56 Å². The summed E-state index contributed by atoms with van der Waals surface area (Å²) in [5, 5.41) is 3.20. The highest BCUT2D eigenvalue weighted by molar-refractivity contribution is 7.80. The van der Waals surface area contributed by atoms with Gasteiger partial charge in [0.25, 0.3) is 0 Å². The summed E-state index contributed by atoms with van der Waals surface area (Å²) in [5.74, 6) is 0. The number of urea groups is 1. The average Bonchev–Trinajstić information content (AvgIpc) is 2.18. The van der Waals surface area contributed by atoms with E-state index in [2.05, 4.69) is 16.2 Å². The second-order valence-corrected chi connectivity index (χ2v) is 3.29. The van der Waals surface area contributed by atoms with Gasteiger partial charge in [0.2, 0.25) is 0 Å². The van der Waals surface area contributed by atoms with Crippen LogP contribution in [0.15, 0.2) is 24.3 Å². The van der Waals surface area contributed by atoms with E-state index in [4.69, 9.17) is 18.0 Å². The summed E-state index contributed by atoms with van der Waals surface area (Å²) >= 11 is 4.92. The number of para-hydroxylation sites is 1. The van der Waals surface area contributed by atoms with Crippen molar-refractivity contribution in [1.29, 1.82) is 0 Å². The van der Waals surface area contributed by atoms with E-state index in [1.54, 1.807) is 0 Å². The van der Waals surface area contributed by atoms with Gasteiger partial charge < -0.3 is 11.1 Å². The van der Waals surface area contributed by atoms with Crippen molar-refractivity contribution in [2.24, 2.45) is 5.73 Å². The van der Waals surface area contributed by atoms with Crippen molar-refractivity contribution in [3.63, 3.8) is 0 Å². The van der Waals surface area contributed by atoms with Crippen LogP contribution in [0.25, 0.3) is 0 Å². The Morgan fingerprint density at radius 2 is 2.00 bits per heavy atom. The zero-order valence-corrected chi connectivity index (χ0v) is 9.02. The largest absolute Gasteiger partial charge is 0.350 e. The number of hydrogen-bond acceptors (Lipinski definition) is 2. The van der Waals surface area contributed by atoms with E-state index in [1.165, 1.54) is 0 Å². The van der Waals surface area contributed by atoms with Gasteiger partial charge in [0.1, 0.15) is 0 Å². The minimum Gasteiger partial charge on any atom is -0.350 e. The second-order valence-electron chi connectivity index (χ2n) is 2.88. The van der Waals surface area contributed by atoms with Crippen LogP contribution >= 0.6 is 12.2 Å². The number of nitrogens with one attached hydrogen (secondary N) is 3. The average molecular weight is 224 g/mol. The molecule has 0 radical (unpaired) electrons. The molecule has 0 saturated carbocycles. The summed E-state index contributed by atoms with van der Waals surface area (Å²) in [6.07, 6.45) is 0. The molecule has 2 amide bonds. The summed E-state index contributed by atoms with van der Waals surface area (Å²) in [4.78, 5) is 10.4. The van der Waals surface area contributed by atoms with Gasteiger partial charge in [-0.2, -0.15) is 0 Å². The SMILES string of the molecule is Cc1ccccc1NC(=S)NNC(N)=O. The molecular formula is C9H12N4OS. The van der Waals surface area contributed by atoms with Crippen LogP contribution in [0.5, 0.6) is 0 Å². The standard InChI is InChI=1S/C9H12N4OS/c1-6-4-2-3-5-7(6)11-9(15)13-12-8(10)14/h2-5H,1H3,(H3,10,12,14)(H2,11,13,15). The minimum absolute atomic E-state index is 0.281. The third-order valence-electron chi connectivity index (χ3n) is 1.69. The quantitative estimate of drug-likeness (QED) is 0.421. The Morgan fingerprint density at radius 3 is 2.60 bits per heavy atom. The topological polar surface area (TPSA) is 79.2 Å². The molecule has 1 rings (SSSR count). The molecule has 5 nitrogen and oxygen atoms in total. The number of hydrogen-bond donors (Lipinski definition) is 4. The molecule has 0 atom stereocenters. The molecule has 1 aromatic carbocycles. The van der Waals surface area contributed by atoms with Crippen molar-refractivity contribution in [3.8, 4) is 0 Å². The van der Waals surface area contributed by atoms with Gasteiger partial charge in [-0.1, -0.05) is 18.2 Å². The van der Waals surface area contributed by atoms with Crippen molar-refractivity contribution in [2.75, 3.05) is 5.32 Å². The van der Waals surface area contributed by atoms with E-state index in [0.717, 1.165) is 11.3 Å². The highest BCUT2D eigenvalue weighted by atomic mass is 32.1. The van der Waals surface area contributed by atoms with E-state index in [1.807, 2.05) is 31.2 Å². The van der Waals surface area contributed by atoms with Crippen LogP contribution in [0.2, 0.25) is 0 Å². The van der Waals surface area contributed by atoms with Gasteiger partial charge in [0.05, 0.1) is 0 Å². The summed E-state index contributed by atoms with van der Waals surface area (Å²) in [6.45, 7) is 1.95. The summed E-state index contributed by atoms with van der Waals surface area (Å²) in [7, 11) is 0. The van der Waals surface area contributed by atoms with Gasteiger partial charge >= 0.3 is 6.03 Å². The molecule has 0 fully saturated rings. The van der Waals surface area contributed by atoms with Crippen molar-refractivity contribution >= 4 is 29.0 Å². The Hall–Kier alpha value is -1.82. The molecule has 80 valence electrons. The Balaban J connectivity index is 2.52. The number of carbonyl (C=O) groups excluding carboxylic acids is 1. The first-order chi connectivity index (χ1) is 7.09. The first-order valence-corrected chi connectivity index (χ1v) is 4.68. The fourth-order valence-electron chi connectivity index (χ4n) is 0.985. The number of primary amides is 1. The van der Waals surface area contributed by atoms with Gasteiger partial charge in [-0.25, -0.2) is 10.2 Å². The van der Waals surface area contributed by atoms with E-state index in [9.17, 15) is 4.79 Å². The van der Waals surface area contributed by atoms with Crippen LogP contribution < -0.4 is 21.9 Å². The number of anilines is 1. The summed E-state index contributed by atoms with van der Waals surface area (Å²) in [5.41, 5.74) is 11.4. The lowest BCUT2D eigenvalue weighted by Crippen LogP contribution is -2.46. The zero-order valence-electron chi connectivity index (χ0n) is 8.20. The van der Waals surface area contributed by atoms with Gasteiger partial charge in [0.15, 0.2) is 5.11 Å². The first kappa shape index (κ1) is 11.3. The molecule has 0 spiro atoms. The van der Waals surface area contributed by atoms with Gasteiger partial charge in [-0.05, 0) is 30.8 Å². The number of nitrogens with two attached hydrogens (primary N) is 1. The maximum absolute atomic E-state index is 10.4. The second kappa shape index (κ2) is 5.16. The van der Waals surface area contributed by atoms with E-state index >= 15 is 0 Å². The van der Waals surface area contributed by atoms with Crippen LogP contribution in [0, 0.1) is 6.92 Å². The van der Waals surface area contributed by atoms with Crippen LogP contribution in [-0.2, 0) is 0 Å². The highest BCUT2D eigenvalue weighted by Crippen LogP contribution is 2.12. The number of amides is 2. The van der Waals surface area contributed by atoms with Crippen molar-refractivity contribution in [2.45, 2.75) is 6.92 Å². The fraction of sp³-hybridized carbons (Fsp3) is 0.111. The molecule has 0 aromatic heterocycles. The minimum atomic E-state index is -0.691. The molecule has 0 bridgehead atoms. The van der Waals surface area contributed by atoms with Crippen molar-refractivity contribution in [1.82, 2.24) is 10.9 Å². The van der Waals surface area contributed by atoms with Crippen molar-refractivity contribution in [3.05, 3.63) is 29.8 Å². The van der Waals surface area contributed by atoms with Gasteiger partial charge in [-0.3, -0.25) is 5.43 Å². The molecule has 6 heteroatoms. The lowest BCUT2D eigenvalue weighted by atomic mass is 10.2. The maximum atomic E-state index is 10.4. The number of aryl methyl sites for hydroxylation is 1. The molecule has 0 aliphatic carbocycles. The molecule has 0 heterocycles. The molecule has 1 aromatic rings. The molecule has 0 aliphatic heterocycles. The van der Waals surface area contributed by atoms with E-state index in [-0.39, 0.29) is 5.11 Å². The summed E-state index contributed by atoms with van der Waals surface area (Å²) in [6, 6.07) is 6.96. The molecule has 15 heavy (non-hydrogen) atoms. The van der Waals surface area contributed by atoms with Crippen LogP contribution in [-0.4, -0.2) is 11.1 Å². The third kappa shape index (κ3) is 3.82. The highest BCUT2D eigenvalue weighted by Gasteiger charge is 1.99. The molecular weight excluding hydrogens is 212 g/mol. The number of carbonyl (C=O) groups is 1. The summed E-state index contributed by atoms with van der Waals surface area (Å²) < 4.78 is 0. The predicted octanol–water partition coefficient (Wildman–Crippen LogP) is 0.865. The van der Waals surface area contributed by atoms with E-state index < -0.39 is 6.03 Å². The molecule has 0 saturated heterocycles. The van der Waals surface area contributed by atoms with Gasteiger partial charge in [-0.15, -0.1) is 0 Å². The Labute approximate surface area is 93.0 Å². The van der Waals surface area contributed by atoms with Crippen LogP contribution in [0.3, 0.4) is 0 Å². The zero-order chi connectivity index (χ0) is 11.3. The lowest BCUT2D eigenvalue weighted by Gasteiger charge is -2.11. The molecule has 0 unspecified atom stereocenters. The predicted molar refractivity (Wildman–Crippen MR) is 63.3 cm³/mol. The lowest BCUT2D eigenvalue weighted by molar-refractivity contribution is 0.247. The molecule has 0 aliphatic rings. The number of thiocarbonyl (C=S) groups is 1. The Kier molecular flexibility index (Phi) is 3.87. The third-order valence-corrected chi connectivity index (χ3v) is 1.90. The number of hydrazine groups is 1. The first-order valence-electron chi connectivity index (χ1n) is 4.27. The van der Waals surface area contributed by atoms with Gasteiger partial charge in [0, 0.05) is 5.69 Å². The van der Waals surface area contributed by atoms with Crippen molar-refractivity contribution < 1.29 is 4.79 Å². The van der Waals surface area contributed by atoms with Crippen LogP contribution in [0.4, 0.5) is 10.5 Å². The van der Waals surface area contributed by atoms with E-state index in [0.29, 0.717) is 0 Å². The normalized spacial score (nSPS) is 9.13. The maximum Gasteiger partial charge on any atom is 0.330 e. The Bertz CT molecular complexity index is 380. The fourth-order valence-corrected chi connectivity index (χ4v) is 1.15. The smallest absolute Gasteiger partial charge is 0.330 e. The monoisotopic (exact) mass is 224 g/mol.